The Morgan fingerprint density at radius 1 is 0.765 bits per heavy atom. The number of amides is 4. The zero-order chi connectivity index (χ0) is 47.4. The van der Waals surface area contributed by atoms with Gasteiger partial charge in [0, 0.05) is 95.0 Å². The molecular formula is C51H50N12O5. The Bertz CT molecular complexity index is 3390. The first-order valence-electron chi connectivity index (χ1n) is 22.6. The van der Waals surface area contributed by atoms with E-state index in [1.165, 1.54) is 15.6 Å². The predicted molar refractivity (Wildman–Crippen MR) is 260 cm³/mol. The van der Waals surface area contributed by atoms with Crippen LogP contribution in [0, 0.1) is 6.92 Å². The fourth-order valence-corrected chi connectivity index (χ4v) is 9.80. The molecule has 68 heavy (non-hydrogen) atoms. The first-order chi connectivity index (χ1) is 32.9. The van der Waals surface area contributed by atoms with Crippen LogP contribution in [0.3, 0.4) is 0 Å². The molecule has 1 atom stereocenters. The smallest absolute Gasteiger partial charge is 0.350 e. The molecule has 0 saturated carbocycles. The van der Waals surface area contributed by atoms with Gasteiger partial charge in [0.15, 0.2) is 5.69 Å². The van der Waals surface area contributed by atoms with Gasteiger partial charge in [-0.3, -0.25) is 38.8 Å². The molecule has 3 N–H and O–H groups in total. The minimum absolute atomic E-state index is 0.238. The average Bonchev–Trinajstić information content (AvgIpc) is 4.00. The summed E-state index contributed by atoms with van der Waals surface area (Å²) in [5.41, 5.74) is 10.8. The van der Waals surface area contributed by atoms with Crippen molar-refractivity contribution in [2.45, 2.75) is 32.2 Å². The normalized spacial score (nSPS) is 15.5. The maximum absolute atomic E-state index is 13.9. The Morgan fingerprint density at radius 2 is 1.51 bits per heavy atom. The third-order valence-electron chi connectivity index (χ3n) is 13.4. The van der Waals surface area contributed by atoms with E-state index in [0.29, 0.717) is 35.2 Å². The highest BCUT2D eigenvalue weighted by atomic mass is 16.2. The number of rotatable bonds is 10. The molecule has 17 heteroatoms. The topological polar surface area (TPSA) is 186 Å². The number of aromatic nitrogens is 7. The number of imide groups is 1. The second-order valence-corrected chi connectivity index (χ2v) is 17.5. The molecule has 2 aliphatic heterocycles. The van der Waals surface area contributed by atoms with Crippen molar-refractivity contribution in [3.8, 4) is 27.9 Å². The number of benzene rings is 5. The van der Waals surface area contributed by atoms with Gasteiger partial charge >= 0.3 is 5.69 Å². The first-order valence-corrected chi connectivity index (χ1v) is 22.6. The van der Waals surface area contributed by atoms with Crippen molar-refractivity contribution in [2.24, 2.45) is 21.1 Å². The number of carbonyl (C=O) groups excluding carboxylic acids is 4. The number of nitrogens with one attached hydrogen (secondary N) is 3. The zero-order valence-electron chi connectivity index (χ0n) is 38.4. The Labute approximate surface area is 391 Å². The summed E-state index contributed by atoms with van der Waals surface area (Å²) in [7, 11) is 6.90. The molecule has 0 aliphatic carbocycles. The number of anilines is 2. The van der Waals surface area contributed by atoms with Gasteiger partial charge in [-0.2, -0.15) is 15.3 Å². The standard InChI is InChI=1S/C51H50N12O5/c1-30-37(18-20-42-44(30)46(57-58(42)3)50(67)54-34-10-6-8-32(26-34)48(65)52-2)38-17-16-36(63-29-53-60(5)51(63)68)27-41(38)31-12-14-35(15-13-31)62-24-22-61(23-25-62)28-33-9-7-11-39-45(56-59(4)47(33)39)40-19-21-43(64)55-49(40)66/h6-18,20,26-27,29,40H,19,21-25,28H2,1-5H3,(H,52,65)(H,54,67)(H,55,64,66). The highest BCUT2D eigenvalue weighted by molar-refractivity contribution is 6.13. The summed E-state index contributed by atoms with van der Waals surface area (Å²) in [5.74, 6) is -1.64. The third-order valence-corrected chi connectivity index (χ3v) is 13.4. The molecule has 0 radical (unpaired) electrons. The molecule has 1 unspecified atom stereocenters. The lowest BCUT2D eigenvalue weighted by Gasteiger charge is -2.36. The van der Waals surface area contributed by atoms with E-state index in [0.717, 1.165) is 93.9 Å². The average molecular weight is 911 g/mol. The van der Waals surface area contributed by atoms with Crippen molar-refractivity contribution in [3.63, 3.8) is 0 Å². The molecule has 10 rings (SSSR count). The molecule has 5 heterocycles. The van der Waals surface area contributed by atoms with E-state index in [9.17, 15) is 24.0 Å². The van der Waals surface area contributed by atoms with Gasteiger partial charge < -0.3 is 15.5 Å². The summed E-state index contributed by atoms with van der Waals surface area (Å²) in [4.78, 5) is 68.9. The third kappa shape index (κ3) is 7.89. The van der Waals surface area contributed by atoms with E-state index < -0.39 is 11.8 Å². The number of fused-ring (bicyclic) bond motifs is 2. The van der Waals surface area contributed by atoms with Crippen LogP contribution in [-0.4, -0.2) is 95.7 Å². The molecule has 2 fully saturated rings. The van der Waals surface area contributed by atoms with E-state index >= 15 is 0 Å². The van der Waals surface area contributed by atoms with Crippen LogP contribution in [-0.2, 0) is 37.3 Å². The molecule has 4 amide bonds. The van der Waals surface area contributed by atoms with Crippen molar-refractivity contribution in [3.05, 3.63) is 142 Å². The second-order valence-electron chi connectivity index (χ2n) is 17.5. The lowest BCUT2D eigenvalue weighted by Crippen LogP contribution is -2.46. The van der Waals surface area contributed by atoms with Crippen molar-refractivity contribution < 1.29 is 19.2 Å². The van der Waals surface area contributed by atoms with Crippen LogP contribution in [0.5, 0.6) is 0 Å². The molecule has 0 spiro atoms. The van der Waals surface area contributed by atoms with Gasteiger partial charge in [-0.25, -0.2) is 14.0 Å². The Morgan fingerprint density at radius 3 is 2.25 bits per heavy atom. The van der Waals surface area contributed by atoms with Crippen molar-refractivity contribution in [1.29, 1.82) is 0 Å². The number of nitrogens with zero attached hydrogens (tertiary/aromatic N) is 9. The van der Waals surface area contributed by atoms with E-state index in [1.54, 1.807) is 43.0 Å². The van der Waals surface area contributed by atoms with Gasteiger partial charge in [0.2, 0.25) is 11.8 Å². The quantitative estimate of drug-likeness (QED) is 0.149. The first kappa shape index (κ1) is 43.7. The molecule has 0 bridgehead atoms. The molecule has 5 aromatic carbocycles. The van der Waals surface area contributed by atoms with Gasteiger partial charge in [-0.15, -0.1) is 0 Å². The highest BCUT2D eigenvalue weighted by Gasteiger charge is 2.32. The SMILES string of the molecule is CNC(=O)c1cccc(NC(=O)c2nn(C)c3ccc(-c4ccc(-n5cnn(C)c5=O)cc4-c4ccc(N5CCN(Cc6cccc7c(C8CCC(=O)NC8=O)nn(C)c67)CC5)cc4)c(C)c23)c1. The van der Waals surface area contributed by atoms with Gasteiger partial charge in [0.05, 0.1) is 28.3 Å². The number of hydrogen-bond donors (Lipinski definition) is 3. The highest BCUT2D eigenvalue weighted by Crippen LogP contribution is 2.40. The van der Waals surface area contributed by atoms with E-state index in [2.05, 4.69) is 66.3 Å². The lowest BCUT2D eigenvalue weighted by molar-refractivity contribution is -0.134. The molecular weight excluding hydrogens is 861 g/mol. The van der Waals surface area contributed by atoms with Crippen LogP contribution in [0.15, 0.2) is 108 Å². The molecule has 3 aromatic heterocycles. The van der Waals surface area contributed by atoms with Crippen molar-refractivity contribution in [1.82, 2.24) is 49.4 Å². The number of carbonyl (C=O) groups is 4. The van der Waals surface area contributed by atoms with Crippen LogP contribution in [0.1, 0.15) is 56.4 Å². The fourth-order valence-electron chi connectivity index (χ4n) is 9.80. The summed E-state index contributed by atoms with van der Waals surface area (Å²) in [6.07, 6.45) is 2.27. The summed E-state index contributed by atoms with van der Waals surface area (Å²) in [6.45, 7) is 6.08. The number of piperidine rings is 1. The van der Waals surface area contributed by atoms with E-state index in [4.69, 9.17) is 5.10 Å². The van der Waals surface area contributed by atoms with Crippen LogP contribution in [0.2, 0.25) is 0 Å². The molecule has 344 valence electrons. The summed E-state index contributed by atoms with van der Waals surface area (Å²) < 4.78 is 6.38. The zero-order valence-corrected chi connectivity index (χ0v) is 38.4. The van der Waals surface area contributed by atoms with E-state index in [-0.39, 0.29) is 29.1 Å². The molecule has 8 aromatic rings. The number of para-hydroxylation sites is 1. The Kier molecular flexibility index (Phi) is 11.3. The van der Waals surface area contributed by atoms with Crippen molar-refractivity contribution >= 4 is 56.8 Å². The fraction of sp³-hybridized carbons (Fsp3) is 0.255. The summed E-state index contributed by atoms with van der Waals surface area (Å²) in [5, 5.41) is 23.3. The lowest BCUT2D eigenvalue weighted by atomic mass is 9.90. The van der Waals surface area contributed by atoms with Crippen LogP contribution >= 0.6 is 0 Å². The van der Waals surface area contributed by atoms with Gasteiger partial charge in [-0.1, -0.05) is 48.5 Å². The van der Waals surface area contributed by atoms with Crippen LogP contribution < -0.4 is 26.5 Å². The largest absolute Gasteiger partial charge is 0.369 e. The Balaban J connectivity index is 0.919. The number of aryl methyl sites for hydroxylation is 4. The number of hydrogen-bond acceptors (Lipinski definition) is 10. The number of piperazine rings is 1. The monoisotopic (exact) mass is 910 g/mol. The predicted octanol–water partition coefficient (Wildman–Crippen LogP) is 5.44. The minimum atomic E-state index is -0.453. The summed E-state index contributed by atoms with van der Waals surface area (Å²) in [6, 6.07) is 31.4. The molecule has 2 saturated heterocycles. The van der Waals surface area contributed by atoms with Gasteiger partial charge in [0.25, 0.3) is 11.8 Å². The molecule has 17 nitrogen and oxygen atoms in total. The minimum Gasteiger partial charge on any atom is -0.369 e. The van der Waals surface area contributed by atoms with Crippen molar-refractivity contribution in [2.75, 3.05) is 43.4 Å². The van der Waals surface area contributed by atoms with Gasteiger partial charge in [-0.05, 0) is 95.3 Å². The van der Waals surface area contributed by atoms with Crippen LogP contribution in [0.25, 0.3) is 49.7 Å². The van der Waals surface area contributed by atoms with Crippen LogP contribution in [0.4, 0.5) is 11.4 Å². The maximum atomic E-state index is 13.9. The summed E-state index contributed by atoms with van der Waals surface area (Å²) >= 11 is 0. The van der Waals surface area contributed by atoms with E-state index in [1.807, 2.05) is 68.2 Å². The maximum Gasteiger partial charge on any atom is 0.350 e. The van der Waals surface area contributed by atoms with Gasteiger partial charge in [0.1, 0.15) is 6.33 Å². The second kappa shape index (κ2) is 17.6. The molecule has 2 aliphatic rings. The Hall–Kier alpha value is -8.18.